The van der Waals surface area contributed by atoms with E-state index in [4.69, 9.17) is 0 Å². The van der Waals surface area contributed by atoms with Crippen LogP contribution in [0, 0.1) is 0 Å². The molecule has 0 saturated heterocycles. The fourth-order valence-corrected chi connectivity index (χ4v) is 2.90. The van der Waals surface area contributed by atoms with Crippen molar-refractivity contribution in [2.75, 3.05) is 11.9 Å². The van der Waals surface area contributed by atoms with E-state index >= 15 is 0 Å². The van der Waals surface area contributed by atoms with Crippen LogP contribution in [0.25, 0.3) is 0 Å². The Morgan fingerprint density at radius 2 is 1.72 bits per heavy atom. The van der Waals surface area contributed by atoms with Crippen molar-refractivity contribution in [2.45, 2.75) is 25.3 Å². The van der Waals surface area contributed by atoms with Crippen LogP contribution in [0.1, 0.15) is 17.5 Å². The van der Waals surface area contributed by atoms with Crippen LogP contribution in [-0.4, -0.2) is 13.1 Å². The van der Waals surface area contributed by atoms with Crippen LogP contribution in [0.3, 0.4) is 0 Å². The third-order valence-electron chi connectivity index (χ3n) is 3.98. The summed E-state index contributed by atoms with van der Waals surface area (Å²) in [5.74, 6) is 0. The Morgan fingerprint density at radius 1 is 1.00 bits per heavy atom. The van der Waals surface area contributed by atoms with Crippen molar-refractivity contribution in [1.82, 2.24) is 0 Å². The number of hydrogen-bond acceptors (Lipinski definition) is 1. The average molecular weight is 237 g/mol. The van der Waals surface area contributed by atoms with Crippen LogP contribution in [-0.2, 0) is 12.8 Å². The summed E-state index contributed by atoms with van der Waals surface area (Å²) in [5, 5.41) is 0. The van der Waals surface area contributed by atoms with Crippen molar-refractivity contribution in [3.63, 3.8) is 0 Å². The van der Waals surface area contributed by atoms with Crippen molar-refractivity contribution < 1.29 is 0 Å². The first-order valence-corrected chi connectivity index (χ1v) is 6.69. The standard InChI is InChI=1S/C17H19N/c1-18-16(13-14-7-3-2-4-8-14)12-11-15-9-5-6-10-17(15)18/h2-10,16H,11-13H2,1H3. The highest BCUT2D eigenvalue weighted by atomic mass is 15.1. The minimum absolute atomic E-state index is 0.627. The molecule has 0 aliphatic carbocycles. The number of hydrogen-bond donors (Lipinski definition) is 0. The maximum atomic E-state index is 2.45. The molecule has 1 atom stereocenters. The number of rotatable bonds is 2. The molecule has 0 bridgehead atoms. The first-order valence-electron chi connectivity index (χ1n) is 6.69. The first-order chi connectivity index (χ1) is 8.84. The third kappa shape index (κ3) is 2.13. The van der Waals surface area contributed by atoms with Gasteiger partial charge in [-0.05, 0) is 36.5 Å². The zero-order valence-corrected chi connectivity index (χ0v) is 10.8. The second kappa shape index (κ2) is 4.85. The molecule has 0 saturated carbocycles. The highest BCUT2D eigenvalue weighted by Gasteiger charge is 2.22. The van der Waals surface area contributed by atoms with Gasteiger partial charge in [0.05, 0.1) is 0 Å². The highest BCUT2D eigenvalue weighted by molar-refractivity contribution is 5.56. The maximum Gasteiger partial charge on any atom is 0.0398 e. The molecule has 0 aromatic heterocycles. The van der Waals surface area contributed by atoms with Gasteiger partial charge in [0.15, 0.2) is 0 Å². The zero-order valence-electron chi connectivity index (χ0n) is 10.8. The van der Waals surface area contributed by atoms with E-state index in [1.54, 1.807) is 0 Å². The molecule has 1 heteroatoms. The Hall–Kier alpha value is -1.76. The number of benzene rings is 2. The van der Waals surface area contributed by atoms with Crippen molar-refractivity contribution in [2.24, 2.45) is 0 Å². The second-order valence-corrected chi connectivity index (χ2v) is 5.12. The van der Waals surface area contributed by atoms with Gasteiger partial charge in [0, 0.05) is 18.8 Å². The first kappa shape index (κ1) is 11.3. The molecule has 1 heterocycles. The Labute approximate surface area is 109 Å². The summed E-state index contributed by atoms with van der Waals surface area (Å²) in [4.78, 5) is 2.45. The summed E-state index contributed by atoms with van der Waals surface area (Å²) in [6.07, 6.45) is 3.60. The lowest BCUT2D eigenvalue weighted by Crippen LogP contribution is -2.37. The van der Waals surface area contributed by atoms with Crippen LogP contribution in [0.4, 0.5) is 5.69 Å². The predicted molar refractivity (Wildman–Crippen MR) is 77.1 cm³/mol. The molecule has 18 heavy (non-hydrogen) atoms. The van der Waals surface area contributed by atoms with Crippen LogP contribution in [0.5, 0.6) is 0 Å². The summed E-state index contributed by atoms with van der Waals surface area (Å²) < 4.78 is 0. The highest BCUT2D eigenvalue weighted by Crippen LogP contribution is 2.30. The maximum absolute atomic E-state index is 2.45. The number of para-hydroxylation sites is 1. The van der Waals surface area contributed by atoms with E-state index in [1.165, 1.54) is 29.7 Å². The van der Waals surface area contributed by atoms with Crippen LogP contribution >= 0.6 is 0 Å². The Balaban J connectivity index is 1.81. The van der Waals surface area contributed by atoms with Gasteiger partial charge in [-0.1, -0.05) is 48.5 Å². The van der Waals surface area contributed by atoms with E-state index < -0.39 is 0 Å². The topological polar surface area (TPSA) is 3.24 Å². The summed E-state index contributed by atoms with van der Waals surface area (Å²) in [6.45, 7) is 0. The van der Waals surface area contributed by atoms with Gasteiger partial charge in [-0.15, -0.1) is 0 Å². The lowest BCUT2D eigenvalue weighted by molar-refractivity contribution is 0.553. The molecule has 0 spiro atoms. The molecule has 0 amide bonds. The molecule has 2 aromatic carbocycles. The molecule has 3 rings (SSSR count). The minimum Gasteiger partial charge on any atom is -0.371 e. The van der Waals surface area contributed by atoms with E-state index in [0.717, 1.165) is 6.42 Å². The molecular weight excluding hydrogens is 218 g/mol. The van der Waals surface area contributed by atoms with E-state index in [9.17, 15) is 0 Å². The van der Waals surface area contributed by atoms with Gasteiger partial charge in [0.25, 0.3) is 0 Å². The zero-order chi connectivity index (χ0) is 12.4. The van der Waals surface area contributed by atoms with Crippen LogP contribution in [0.2, 0.25) is 0 Å². The number of likely N-dealkylation sites (N-methyl/N-ethyl adjacent to an activating group) is 1. The lowest BCUT2D eigenvalue weighted by Gasteiger charge is -2.36. The monoisotopic (exact) mass is 237 g/mol. The van der Waals surface area contributed by atoms with Gasteiger partial charge < -0.3 is 4.90 Å². The van der Waals surface area contributed by atoms with Gasteiger partial charge in [-0.25, -0.2) is 0 Å². The van der Waals surface area contributed by atoms with Crippen molar-refractivity contribution >= 4 is 5.69 Å². The molecule has 1 nitrogen and oxygen atoms in total. The SMILES string of the molecule is CN1c2ccccc2CCC1Cc1ccccc1. The van der Waals surface area contributed by atoms with E-state index in [2.05, 4.69) is 66.5 Å². The molecule has 1 unspecified atom stereocenters. The lowest BCUT2D eigenvalue weighted by atomic mass is 9.92. The summed E-state index contributed by atoms with van der Waals surface area (Å²) in [6, 6.07) is 20.2. The van der Waals surface area contributed by atoms with Crippen LogP contribution in [0.15, 0.2) is 54.6 Å². The normalized spacial score (nSPS) is 18.5. The quantitative estimate of drug-likeness (QED) is 0.770. The largest absolute Gasteiger partial charge is 0.371 e. The molecule has 2 aromatic rings. The molecule has 92 valence electrons. The summed E-state index contributed by atoms with van der Waals surface area (Å²) >= 11 is 0. The number of nitrogens with zero attached hydrogens (tertiary/aromatic N) is 1. The molecule has 1 aliphatic heterocycles. The van der Waals surface area contributed by atoms with Crippen molar-refractivity contribution in [3.8, 4) is 0 Å². The molecule has 0 N–H and O–H groups in total. The van der Waals surface area contributed by atoms with Gasteiger partial charge >= 0.3 is 0 Å². The second-order valence-electron chi connectivity index (χ2n) is 5.12. The molecule has 0 fully saturated rings. The summed E-state index contributed by atoms with van der Waals surface area (Å²) in [7, 11) is 2.23. The van der Waals surface area contributed by atoms with Gasteiger partial charge in [-0.3, -0.25) is 0 Å². The van der Waals surface area contributed by atoms with Crippen molar-refractivity contribution in [3.05, 3.63) is 65.7 Å². The number of anilines is 1. The number of fused-ring (bicyclic) bond motifs is 1. The minimum atomic E-state index is 0.627. The third-order valence-corrected chi connectivity index (χ3v) is 3.98. The molecule has 1 aliphatic rings. The fraction of sp³-hybridized carbons (Fsp3) is 0.294. The van der Waals surface area contributed by atoms with Gasteiger partial charge in [-0.2, -0.15) is 0 Å². The fourth-order valence-electron chi connectivity index (χ4n) is 2.90. The predicted octanol–water partition coefficient (Wildman–Crippen LogP) is 3.68. The van der Waals surface area contributed by atoms with Gasteiger partial charge in [0.1, 0.15) is 0 Å². The smallest absolute Gasteiger partial charge is 0.0398 e. The van der Waals surface area contributed by atoms with E-state index in [1.807, 2.05) is 0 Å². The van der Waals surface area contributed by atoms with Gasteiger partial charge in [0.2, 0.25) is 0 Å². The van der Waals surface area contributed by atoms with E-state index in [-0.39, 0.29) is 0 Å². The summed E-state index contributed by atoms with van der Waals surface area (Å²) in [5.41, 5.74) is 4.34. The Bertz CT molecular complexity index is 518. The van der Waals surface area contributed by atoms with E-state index in [0.29, 0.717) is 6.04 Å². The molecular formula is C17H19N. The average Bonchev–Trinajstić information content (AvgIpc) is 2.43. The molecule has 0 radical (unpaired) electrons. The number of aryl methyl sites for hydroxylation is 1. The van der Waals surface area contributed by atoms with Crippen molar-refractivity contribution in [1.29, 1.82) is 0 Å². The Kier molecular flexibility index (Phi) is 3.06. The Morgan fingerprint density at radius 3 is 2.56 bits per heavy atom. The van der Waals surface area contributed by atoms with Crippen LogP contribution < -0.4 is 4.90 Å².